The van der Waals surface area contributed by atoms with E-state index in [9.17, 15) is 0 Å². The normalized spacial score (nSPS) is 16.9. The predicted molar refractivity (Wildman–Crippen MR) is 68.0 cm³/mol. The third-order valence-corrected chi connectivity index (χ3v) is 3.16. The van der Waals surface area contributed by atoms with E-state index in [2.05, 4.69) is 35.2 Å². The average Bonchev–Trinajstić information content (AvgIpc) is 2.39. The summed E-state index contributed by atoms with van der Waals surface area (Å²) in [6.45, 7) is 2.65. The first-order valence-electron chi connectivity index (χ1n) is 5.93. The zero-order chi connectivity index (χ0) is 12.1. The lowest BCUT2D eigenvalue weighted by Gasteiger charge is -2.26. The molecule has 0 aliphatic carbocycles. The van der Waals surface area contributed by atoms with E-state index >= 15 is 0 Å². The van der Waals surface area contributed by atoms with E-state index in [0.717, 1.165) is 37.2 Å². The minimum absolute atomic E-state index is 0.704. The molecule has 1 aliphatic heterocycles. The molecular formula is C14H17N3. The van der Waals surface area contributed by atoms with Gasteiger partial charge in [0, 0.05) is 31.8 Å². The zero-order valence-electron chi connectivity index (χ0n) is 9.89. The molecule has 0 bridgehead atoms. The zero-order valence-corrected chi connectivity index (χ0v) is 9.89. The molecule has 2 N–H and O–H groups in total. The van der Waals surface area contributed by atoms with Gasteiger partial charge < -0.3 is 5.73 Å². The molecule has 0 unspecified atom stereocenters. The molecule has 0 fully saturated rings. The van der Waals surface area contributed by atoms with Crippen LogP contribution in [0.3, 0.4) is 0 Å². The number of hydrogen-bond donors (Lipinski definition) is 1. The molecule has 0 amide bonds. The summed E-state index contributed by atoms with van der Waals surface area (Å²) in [5.74, 6) is 0. The van der Waals surface area contributed by atoms with E-state index in [0.29, 0.717) is 6.54 Å². The van der Waals surface area contributed by atoms with Gasteiger partial charge in [0.05, 0.1) is 11.6 Å². The van der Waals surface area contributed by atoms with Crippen LogP contribution in [0, 0.1) is 11.3 Å². The van der Waals surface area contributed by atoms with Crippen LogP contribution in [-0.4, -0.2) is 24.5 Å². The van der Waals surface area contributed by atoms with Gasteiger partial charge >= 0.3 is 0 Å². The monoisotopic (exact) mass is 227 g/mol. The second-order valence-electron chi connectivity index (χ2n) is 4.38. The molecule has 1 heterocycles. The van der Waals surface area contributed by atoms with Crippen LogP contribution in [0.25, 0.3) is 0 Å². The van der Waals surface area contributed by atoms with Crippen LogP contribution in [0.5, 0.6) is 0 Å². The van der Waals surface area contributed by atoms with Crippen molar-refractivity contribution in [3.63, 3.8) is 0 Å². The van der Waals surface area contributed by atoms with Gasteiger partial charge in [0.1, 0.15) is 0 Å². The molecule has 0 saturated heterocycles. The summed E-state index contributed by atoms with van der Waals surface area (Å²) in [7, 11) is 0. The molecule has 1 aromatic carbocycles. The Hall–Kier alpha value is -1.79. The molecule has 2 rings (SSSR count). The summed E-state index contributed by atoms with van der Waals surface area (Å²) in [5.41, 5.74) is 8.64. The molecule has 0 aromatic heterocycles. The number of nitriles is 1. The van der Waals surface area contributed by atoms with Crippen molar-refractivity contribution in [1.29, 1.82) is 5.26 Å². The van der Waals surface area contributed by atoms with Gasteiger partial charge in [-0.05, 0) is 12.0 Å². The molecule has 17 heavy (non-hydrogen) atoms. The van der Waals surface area contributed by atoms with Gasteiger partial charge in [-0.3, -0.25) is 4.90 Å². The lowest BCUT2D eigenvalue weighted by atomic mass is 10.1. The van der Waals surface area contributed by atoms with Crippen LogP contribution in [0.2, 0.25) is 0 Å². The van der Waals surface area contributed by atoms with E-state index in [1.54, 1.807) is 0 Å². The molecule has 1 aliphatic rings. The Balaban J connectivity index is 1.88. The molecule has 0 spiro atoms. The van der Waals surface area contributed by atoms with E-state index < -0.39 is 0 Å². The van der Waals surface area contributed by atoms with Crippen LogP contribution >= 0.6 is 0 Å². The van der Waals surface area contributed by atoms with E-state index in [1.165, 1.54) is 5.56 Å². The number of nitrogens with zero attached hydrogens (tertiary/aromatic N) is 2. The van der Waals surface area contributed by atoms with Gasteiger partial charge in [-0.25, -0.2) is 0 Å². The second-order valence-corrected chi connectivity index (χ2v) is 4.38. The van der Waals surface area contributed by atoms with Crippen LogP contribution in [0.4, 0.5) is 0 Å². The van der Waals surface area contributed by atoms with Gasteiger partial charge in [0.25, 0.3) is 0 Å². The molecule has 88 valence electrons. The Morgan fingerprint density at radius 1 is 1.29 bits per heavy atom. The number of hydrogen-bond acceptors (Lipinski definition) is 3. The molecule has 3 heteroatoms. The first-order chi connectivity index (χ1) is 8.29. The van der Waals surface area contributed by atoms with Crippen molar-refractivity contribution in [2.45, 2.75) is 12.8 Å². The average molecular weight is 227 g/mol. The first-order valence-corrected chi connectivity index (χ1v) is 5.93. The lowest BCUT2D eigenvalue weighted by Crippen LogP contribution is -2.34. The molecule has 0 saturated carbocycles. The van der Waals surface area contributed by atoms with E-state index in [1.807, 2.05) is 6.07 Å². The van der Waals surface area contributed by atoms with Gasteiger partial charge in [0.15, 0.2) is 0 Å². The van der Waals surface area contributed by atoms with Gasteiger partial charge in [0.2, 0.25) is 0 Å². The van der Waals surface area contributed by atoms with Gasteiger partial charge in [-0.2, -0.15) is 5.26 Å². The fraction of sp³-hybridized carbons (Fsp3) is 0.357. The van der Waals surface area contributed by atoms with Crippen molar-refractivity contribution in [1.82, 2.24) is 4.90 Å². The van der Waals surface area contributed by atoms with Gasteiger partial charge in [-0.1, -0.05) is 30.3 Å². The highest BCUT2D eigenvalue weighted by molar-refractivity contribution is 5.29. The minimum atomic E-state index is 0.704. The fourth-order valence-corrected chi connectivity index (χ4v) is 2.06. The van der Waals surface area contributed by atoms with Crippen molar-refractivity contribution < 1.29 is 0 Å². The summed E-state index contributed by atoms with van der Waals surface area (Å²) < 4.78 is 0. The van der Waals surface area contributed by atoms with Crippen molar-refractivity contribution in [3.8, 4) is 6.07 Å². The number of benzene rings is 1. The Labute approximate surface area is 102 Å². The smallest absolute Gasteiger partial charge is 0.0979 e. The highest BCUT2D eigenvalue weighted by Crippen LogP contribution is 2.13. The van der Waals surface area contributed by atoms with E-state index in [4.69, 9.17) is 11.0 Å². The Bertz CT molecular complexity index is 442. The van der Waals surface area contributed by atoms with Crippen molar-refractivity contribution in [3.05, 3.63) is 47.2 Å². The number of rotatable bonds is 3. The maximum atomic E-state index is 8.95. The predicted octanol–water partition coefficient (Wildman–Crippen LogP) is 1.67. The molecule has 3 nitrogen and oxygen atoms in total. The summed E-state index contributed by atoms with van der Waals surface area (Å²) in [6, 6.07) is 12.6. The van der Waals surface area contributed by atoms with Crippen LogP contribution in [0.1, 0.15) is 12.0 Å². The summed E-state index contributed by atoms with van der Waals surface area (Å²) in [4.78, 5) is 2.29. The summed E-state index contributed by atoms with van der Waals surface area (Å²) in [6.07, 6.45) is 1.84. The quantitative estimate of drug-likeness (QED) is 0.854. The maximum Gasteiger partial charge on any atom is 0.0979 e. The van der Waals surface area contributed by atoms with Gasteiger partial charge in [-0.15, -0.1) is 0 Å². The third kappa shape index (κ3) is 3.08. The Morgan fingerprint density at radius 3 is 2.76 bits per heavy atom. The standard InChI is InChI=1S/C14H17N3/c15-10-13-11-17(9-7-14(13)16)8-6-12-4-2-1-3-5-12/h1-5H,6-9,11,16H2. The van der Waals surface area contributed by atoms with Crippen molar-refractivity contribution in [2.24, 2.45) is 5.73 Å². The molecule has 0 atom stereocenters. The molecule has 0 radical (unpaired) electrons. The SMILES string of the molecule is N#CC1=C(N)CCN(CCc2ccccc2)C1. The summed E-state index contributed by atoms with van der Waals surface area (Å²) >= 11 is 0. The first kappa shape index (κ1) is 11.7. The molecule has 1 aromatic rings. The largest absolute Gasteiger partial charge is 0.401 e. The Morgan fingerprint density at radius 2 is 2.06 bits per heavy atom. The lowest BCUT2D eigenvalue weighted by molar-refractivity contribution is 0.291. The number of nitrogens with two attached hydrogens (primary N) is 1. The van der Waals surface area contributed by atoms with Crippen molar-refractivity contribution >= 4 is 0 Å². The van der Waals surface area contributed by atoms with Crippen LogP contribution in [-0.2, 0) is 6.42 Å². The topological polar surface area (TPSA) is 53.1 Å². The molecular weight excluding hydrogens is 210 g/mol. The maximum absolute atomic E-state index is 8.95. The highest BCUT2D eigenvalue weighted by atomic mass is 15.1. The fourth-order valence-electron chi connectivity index (χ4n) is 2.06. The third-order valence-electron chi connectivity index (χ3n) is 3.16. The highest BCUT2D eigenvalue weighted by Gasteiger charge is 2.16. The van der Waals surface area contributed by atoms with Crippen molar-refractivity contribution in [2.75, 3.05) is 19.6 Å². The summed E-state index contributed by atoms with van der Waals surface area (Å²) in [5, 5.41) is 8.95. The van der Waals surface area contributed by atoms with Crippen LogP contribution < -0.4 is 5.73 Å². The second kappa shape index (κ2) is 5.51. The Kier molecular flexibility index (Phi) is 3.79. The minimum Gasteiger partial charge on any atom is -0.401 e. The van der Waals surface area contributed by atoms with Crippen LogP contribution in [0.15, 0.2) is 41.6 Å². The van der Waals surface area contributed by atoms with E-state index in [-0.39, 0.29) is 0 Å².